The molecule has 1 aromatic carbocycles. The minimum Gasteiger partial charge on any atom is -0.481 e. The molecule has 3 rings (SSSR count). The lowest BCUT2D eigenvalue weighted by molar-refractivity contribution is 0.206. The molecule has 0 amide bonds. The molecule has 0 fully saturated rings. The van der Waals surface area contributed by atoms with Gasteiger partial charge in [0.05, 0.1) is 18.6 Å². The van der Waals surface area contributed by atoms with Crippen LogP contribution in [0.1, 0.15) is 10.4 Å². The molecule has 2 heterocycles. The lowest BCUT2D eigenvalue weighted by atomic mass is 10.1. The second-order valence-electron chi connectivity index (χ2n) is 6.14. The summed E-state index contributed by atoms with van der Waals surface area (Å²) >= 11 is 6.12. The third kappa shape index (κ3) is 5.13. The molecule has 0 aliphatic heterocycles. The van der Waals surface area contributed by atoms with E-state index in [0.29, 0.717) is 12.5 Å². The Labute approximate surface area is 175 Å². The topological polar surface area (TPSA) is 47.5 Å². The van der Waals surface area contributed by atoms with Gasteiger partial charge in [-0.05, 0) is 23.3 Å². The van der Waals surface area contributed by atoms with Crippen molar-refractivity contribution >= 4 is 41.2 Å². The SMILES string of the molecule is COCCN(C)c1nc(S)c(/C=C/c2ccc(-c3ccc(OC)nc3)cc2)s1. The minimum absolute atomic E-state index is 0.614. The van der Waals surface area contributed by atoms with Gasteiger partial charge >= 0.3 is 0 Å². The summed E-state index contributed by atoms with van der Waals surface area (Å²) in [4.78, 5) is 11.9. The third-order valence-corrected chi connectivity index (χ3v) is 5.82. The number of thiol groups is 1. The van der Waals surface area contributed by atoms with Crippen LogP contribution < -0.4 is 9.64 Å². The molecule has 2 aromatic heterocycles. The molecule has 28 heavy (non-hydrogen) atoms. The van der Waals surface area contributed by atoms with Crippen LogP contribution in [0.25, 0.3) is 23.3 Å². The van der Waals surface area contributed by atoms with E-state index in [2.05, 4.69) is 63.9 Å². The van der Waals surface area contributed by atoms with Crippen molar-refractivity contribution in [3.8, 4) is 17.0 Å². The van der Waals surface area contributed by atoms with Gasteiger partial charge < -0.3 is 14.4 Å². The van der Waals surface area contributed by atoms with Crippen molar-refractivity contribution in [1.82, 2.24) is 9.97 Å². The molecule has 0 unspecified atom stereocenters. The zero-order chi connectivity index (χ0) is 19.9. The summed E-state index contributed by atoms with van der Waals surface area (Å²) in [5, 5.41) is 1.67. The molecule has 7 heteroatoms. The van der Waals surface area contributed by atoms with Crippen LogP contribution in [0.3, 0.4) is 0 Å². The van der Waals surface area contributed by atoms with E-state index in [1.165, 1.54) is 0 Å². The summed E-state index contributed by atoms with van der Waals surface area (Å²) in [6, 6.07) is 12.2. The van der Waals surface area contributed by atoms with Crippen LogP contribution in [0.5, 0.6) is 5.88 Å². The molecule has 0 spiro atoms. The zero-order valence-electron chi connectivity index (χ0n) is 16.1. The summed E-state index contributed by atoms with van der Waals surface area (Å²) in [6.45, 7) is 1.46. The Morgan fingerprint density at radius 3 is 2.46 bits per heavy atom. The number of hydrogen-bond acceptors (Lipinski definition) is 7. The van der Waals surface area contributed by atoms with E-state index < -0.39 is 0 Å². The standard InChI is InChI=1S/C21H23N3O2S2/c1-24(12-13-25-2)21-23-20(27)18(28-21)10-6-15-4-7-16(8-5-15)17-9-11-19(26-3)22-14-17/h4-11,14,27H,12-13H2,1-3H3/b10-6+. The monoisotopic (exact) mass is 413 g/mol. The molecule has 3 aromatic rings. The Kier molecular flexibility index (Phi) is 7.08. The maximum Gasteiger partial charge on any atom is 0.212 e. The number of pyridine rings is 1. The number of benzene rings is 1. The molecule has 0 radical (unpaired) electrons. The highest BCUT2D eigenvalue weighted by Gasteiger charge is 2.10. The van der Waals surface area contributed by atoms with Gasteiger partial charge in [-0.1, -0.05) is 41.7 Å². The fraction of sp³-hybridized carbons (Fsp3) is 0.238. The van der Waals surface area contributed by atoms with Crippen molar-refractivity contribution in [2.75, 3.05) is 39.3 Å². The van der Waals surface area contributed by atoms with Crippen LogP contribution in [0.4, 0.5) is 5.13 Å². The van der Waals surface area contributed by atoms with Crippen molar-refractivity contribution in [3.05, 3.63) is 53.0 Å². The van der Waals surface area contributed by atoms with E-state index in [-0.39, 0.29) is 0 Å². The number of aromatic nitrogens is 2. The lowest BCUT2D eigenvalue weighted by Crippen LogP contribution is -2.21. The van der Waals surface area contributed by atoms with Crippen molar-refractivity contribution < 1.29 is 9.47 Å². The third-order valence-electron chi connectivity index (χ3n) is 4.20. The Hall–Kier alpha value is -2.35. The maximum atomic E-state index is 5.12. The first-order valence-corrected chi connectivity index (χ1v) is 10.1. The van der Waals surface area contributed by atoms with Gasteiger partial charge in [0.2, 0.25) is 5.88 Å². The molecule has 0 atom stereocenters. The molecular weight excluding hydrogens is 390 g/mol. The van der Waals surface area contributed by atoms with E-state index in [0.717, 1.165) is 38.3 Å². The normalized spacial score (nSPS) is 11.1. The smallest absolute Gasteiger partial charge is 0.212 e. The summed E-state index contributed by atoms with van der Waals surface area (Å²) in [5.41, 5.74) is 3.28. The van der Waals surface area contributed by atoms with E-state index in [9.17, 15) is 0 Å². The average Bonchev–Trinajstić information content (AvgIpc) is 3.11. The van der Waals surface area contributed by atoms with Gasteiger partial charge in [0.25, 0.3) is 0 Å². The van der Waals surface area contributed by atoms with E-state index in [4.69, 9.17) is 9.47 Å². The number of hydrogen-bond donors (Lipinski definition) is 1. The highest BCUT2D eigenvalue weighted by Crippen LogP contribution is 2.30. The number of likely N-dealkylation sites (N-methyl/N-ethyl adjacent to an activating group) is 1. The quantitative estimate of drug-likeness (QED) is 0.540. The van der Waals surface area contributed by atoms with E-state index >= 15 is 0 Å². The second-order valence-corrected chi connectivity index (χ2v) is 7.58. The molecule has 0 saturated heterocycles. The highest BCUT2D eigenvalue weighted by molar-refractivity contribution is 7.80. The fourth-order valence-electron chi connectivity index (χ4n) is 2.54. The number of nitrogens with zero attached hydrogens (tertiary/aromatic N) is 3. The lowest BCUT2D eigenvalue weighted by Gasteiger charge is -2.14. The van der Waals surface area contributed by atoms with Crippen LogP contribution in [-0.4, -0.2) is 44.4 Å². The predicted octanol–water partition coefficient (Wildman–Crippen LogP) is 4.76. The Morgan fingerprint density at radius 2 is 1.82 bits per heavy atom. The Bertz CT molecular complexity index is 922. The average molecular weight is 414 g/mol. The summed E-state index contributed by atoms with van der Waals surface area (Å²) in [5.74, 6) is 0.614. The summed E-state index contributed by atoms with van der Waals surface area (Å²) in [7, 11) is 5.32. The zero-order valence-corrected chi connectivity index (χ0v) is 17.8. The van der Waals surface area contributed by atoms with Crippen molar-refractivity contribution in [2.24, 2.45) is 0 Å². The first kappa shape index (κ1) is 20.4. The molecular formula is C21H23N3O2S2. The Morgan fingerprint density at radius 1 is 1.07 bits per heavy atom. The molecule has 0 N–H and O–H groups in total. The first-order chi connectivity index (χ1) is 13.6. The van der Waals surface area contributed by atoms with Crippen LogP contribution in [0.2, 0.25) is 0 Å². The highest BCUT2D eigenvalue weighted by atomic mass is 32.1. The Balaban J connectivity index is 1.69. The van der Waals surface area contributed by atoms with Crippen molar-refractivity contribution in [3.63, 3.8) is 0 Å². The predicted molar refractivity (Wildman–Crippen MR) is 120 cm³/mol. The maximum absolute atomic E-state index is 5.12. The van der Waals surface area contributed by atoms with Gasteiger partial charge in [-0.25, -0.2) is 9.97 Å². The fourth-order valence-corrected chi connectivity index (χ4v) is 3.77. The molecule has 0 aliphatic carbocycles. The van der Waals surface area contributed by atoms with Gasteiger partial charge in [-0.15, -0.1) is 12.6 Å². The van der Waals surface area contributed by atoms with Gasteiger partial charge in [-0.3, -0.25) is 0 Å². The minimum atomic E-state index is 0.614. The number of ether oxygens (including phenoxy) is 2. The molecule has 146 valence electrons. The van der Waals surface area contributed by atoms with Crippen LogP contribution in [-0.2, 0) is 4.74 Å². The van der Waals surface area contributed by atoms with Crippen molar-refractivity contribution in [1.29, 1.82) is 0 Å². The van der Waals surface area contributed by atoms with Gasteiger partial charge in [0, 0.05) is 38.5 Å². The molecule has 0 aliphatic rings. The van der Waals surface area contributed by atoms with Crippen LogP contribution in [0.15, 0.2) is 47.6 Å². The van der Waals surface area contributed by atoms with Gasteiger partial charge in [0.1, 0.15) is 5.03 Å². The van der Waals surface area contributed by atoms with Gasteiger partial charge in [-0.2, -0.15) is 0 Å². The van der Waals surface area contributed by atoms with E-state index in [1.807, 2.05) is 25.4 Å². The van der Waals surface area contributed by atoms with Crippen LogP contribution in [0, 0.1) is 0 Å². The largest absolute Gasteiger partial charge is 0.481 e. The van der Waals surface area contributed by atoms with Crippen molar-refractivity contribution in [2.45, 2.75) is 5.03 Å². The van der Waals surface area contributed by atoms with E-state index in [1.54, 1.807) is 25.6 Å². The molecule has 0 bridgehead atoms. The number of thiazole rings is 1. The summed E-state index contributed by atoms with van der Waals surface area (Å²) < 4.78 is 10.2. The first-order valence-electron chi connectivity index (χ1n) is 8.79. The number of methoxy groups -OCH3 is 2. The molecule has 5 nitrogen and oxygen atoms in total. The van der Waals surface area contributed by atoms with Crippen LogP contribution >= 0.6 is 24.0 Å². The number of anilines is 1. The number of rotatable bonds is 8. The molecule has 0 saturated carbocycles. The second kappa shape index (κ2) is 9.73. The summed E-state index contributed by atoms with van der Waals surface area (Å²) in [6.07, 6.45) is 5.94. The van der Waals surface area contributed by atoms with Gasteiger partial charge in [0.15, 0.2) is 5.13 Å².